The zero-order chi connectivity index (χ0) is 20.3. The van der Waals surface area contributed by atoms with Gasteiger partial charge in [0, 0.05) is 18.8 Å². The number of nitro groups is 1. The zero-order valence-corrected chi connectivity index (χ0v) is 14.9. The molecule has 1 aliphatic rings. The minimum Gasteiger partial charge on any atom is -0.462 e. The molecule has 0 spiro atoms. The van der Waals surface area contributed by atoms with E-state index in [0.717, 1.165) is 6.07 Å². The maximum Gasteiger partial charge on any atom is 0.433 e. The van der Waals surface area contributed by atoms with Crippen LogP contribution in [0.3, 0.4) is 0 Å². The highest BCUT2D eigenvalue weighted by atomic mass is 16.6. The summed E-state index contributed by atoms with van der Waals surface area (Å²) in [6.07, 6.45) is 0. The Kier molecular flexibility index (Phi) is 5.39. The minimum atomic E-state index is -0.726. The van der Waals surface area contributed by atoms with Gasteiger partial charge in [0.2, 0.25) is 5.91 Å². The van der Waals surface area contributed by atoms with Crippen molar-refractivity contribution in [3.8, 4) is 0 Å². The summed E-state index contributed by atoms with van der Waals surface area (Å²) in [6.45, 7) is 2.35. The van der Waals surface area contributed by atoms with Crippen LogP contribution in [0.15, 0.2) is 40.8 Å². The third-order valence-corrected chi connectivity index (χ3v) is 4.19. The number of rotatable bonds is 6. The van der Waals surface area contributed by atoms with Crippen LogP contribution >= 0.6 is 0 Å². The molecule has 2 aromatic rings. The number of furan rings is 1. The fraction of sp³-hybridized carbons (Fsp3) is 0.278. The van der Waals surface area contributed by atoms with Crippen molar-refractivity contribution < 1.29 is 28.5 Å². The highest BCUT2D eigenvalue weighted by Gasteiger charge is 2.37. The SMILES string of the molecule is CCOC(=O)c1ccc(NC(=O)C2CN(C(=O)c3ccc([N+](=O)[O-])o3)C2)cc1. The number of hydrogen-bond donors (Lipinski definition) is 1. The molecule has 1 aromatic carbocycles. The second-order valence-electron chi connectivity index (χ2n) is 6.09. The monoisotopic (exact) mass is 387 g/mol. The number of ether oxygens (including phenoxy) is 1. The van der Waals surface area contributed by atoms with Crippen LogP contribution in [0.25, 0.3) is 0 Å². The minimum absolute atomic E-state index is 0.139. The van der Waals surface area contributed by atoms with Gasteiger partial charge in [-0.1, -0.05) is 0 Å². The molecule has 2 amide bonds. The van der Waals surface area contributed by atoms with Gasteiger partial charge in [0.15, 0.2) is 5.76 Å². The summed E-state index contributed by atoms with van der Waals surface area (Å²) < 4.78 is 9.76. The first kappa shape index (κ1) is 19.1. The average Bonchev–Trinajstić information content (AvgIpc) is 3.11. The van der Waals surface area contributed by atoms with Gasteiger partial charge >= 0.3 is 11.9 Å². The number of carbonyl (C=O) groups is 3. The van der Waals surface area contributed by atoms with Crippen molar-refractivity contribution in [3.05, 3.63) is 57.8 Å². The lowest BCUT2D eigenvalue weighted by atomic mass is 9.98. The van der Waals surface area contributed by atoms with Crippen LogP contribution in [0.5, 0.6) is 0 Å². The molecule has 0 unspecified atom stereocenters. The van der Waals surface area contributed by atoms with Gasteiger partial charge in [0.1, 0.15) is 4.92 Å². The van der Waals surface area contributed by atoms with Crippen molar-refractivity contribution in [3.63, 3.8) is 0 Å². The Labute approximate surface area is 159 Å². The number of nitrogens with one attached hydrogen (secondary N) is 1. The van der Waals surface area contributed by atoms with E-state index in [1.165, 1.54) is 11.0 Å². The molecular formula is C18H17N3O7. The van der Waals surface area contributed by atoms with E-state index >= 15 is 0 Å². The molecule has 0 bridgehead atoms. The van der Waals surface area contributed by atoms with E-state index in [-0.39, 0.29) is 31.4 Å². The third kappa shape index (κ3) is 4.00. The van der Waals surface area contributed by atoms with Crippen molar-refractivity contribution in [1.29, 1.82) is 0 Å². The van der Waals surface area contributed by atoms with Gasteiger partial charge in [0.05, 0.1) is 24.2 Å². The predicted molar refractivity (Wildman–Crippen MR) is 95.8 cm³/mol. The summed E-state index contributed by atoms with van der Waals surface area (Å²) in [7, 11) is 0. The van der Waals surface area contributed by atoms with Crippen LogP contribution in [-0.4, -0.2) is 47.3 Å². The van der Waals surface area contributed by atoms with E-state index in [2.05, 4.69) is 5.32 Å². The van der Waals surface area contributed by atoms with E-state index in [4.69, 9.17) is 9.15 Å². The van der Waals surface area contributed by atoms with Crippen LogP contribution in [0.4, 0.5) is 11.6 Å². The van der Waals surface area contributed by atoms with Gasteiger partial charge in [-0.15, -0.1) is 0 Å². The summed E-state index contributed by atoms with van der Waals surface area (Å²) in [5.41, 5.74) is 0.900. The molecule has 1 N–H and O–H groups in total. The van der Waals surface area contributed by atoms with E-state index < -0.39 is 28.6 Å². The highest BCUT2D eigenvalue weighted by molar-refractivity contribution is 5.98. The topological polar surface area (TPSA) is 132 Å². The zero-order valence-electron chi connectivity index (χ0n) is 14.9. The maximum atomic E-state index is 12.3. The number of anilines is 1. The Balaban J connectivity index is 1.51. The van der Waals surface area contributed by atoms with Gasteiger partial charge in [-0.3, -0.25) is 19.7 Å². The van der Waals surface area contributed by atoms with Crippen molar-refractivity contribution in [2.45, 2.75) is 6.92 Å². The summed E-state index contributed by atoms with van der Waals surface area (Å²) in [5.74, 6) is -2.26. The van der Waals surface area contributed by atoms with Crippen LogP contribution < -0.4 is 5.32 Å². The molecule has 2 heterocycles. The van der Waals surface area contributed by atoms with Crippen molar-refractivity contribution in [1.82, 2.24) is 4.90 Å². The summed E-state index contributed by atoms with van der Waals surface area (Å²) in [4.78, 5) is 47.3. The molecule has 10 nitrogen and oxygen atoms in total. The number of likely N-dealkylation sites (tertiary alicyclic amines) is 1. The molecule has 1 aromatic heterocycles. The fourth-order valence-electron chi connectivity index (χ4n) is 2.66. The molecule has 0 atom stereocenters. The average molecular weight is 387 g/mol. The van der Waals surface area contributed by atoms with E-state index in [0.29, 0.717) is 11.3 Å². The Morgan fingerprint density at radius 2 is 1.89 bits per heavy atom. The lowest BCUT2D eigenvalue weighted by Gasteiger charge is -2.37. The molecule has 10 heteroatoms. The lowest BCUT2D eigenvalue weighted by Crippen LogP contribution is -2.54. The first-order chi connectivity index (χ1) is 13.4. The van der Waals surface area contributed by atoms with Crippen LogP contribution in [-0.2, 0) is 9.53 Å². The number of hydrogen-bond acceptors (Lipinski definition) is 7. The molecule has 1 fully saturated rings. The molecule has 146 valence electrons. The molecular weight excluding hydrogens is 370 g/mol. The van der Waals surface area contributed by atoms with Crippen LogP contribution in [0.2, 0.25) is 0 Å². The molecule has 1 saturated heterocycles. The van der Waals surface area contributed by atoms with Crippen molar-refractivity contribution in [2.24, 2.45) is 5.92 Å². The Morgan fingerprint density at radius 1 is 1.21 bits per heavy atom. The Bertz CT molecular complexity index is 914. The van der Waals surface area contributed by atoms with E-state index in [1.807, 2.05) is 0 Å². The molecule has 1 aliphatic heterocycles. The molecule has 0 saturated carbocycles. The van der Waals surface area contributed by atoms with Gasteiger partial charge < -0.3 is 19.4 Å². The van der Waals surface area contributed by atoms with Crippen LogP contribution in [0, 0.1) is 16.0 Å². The number of esters is 1. The standard InChI is InChI=1S/C18H17N3O7/c1-2-27-18(24)11-3-5-13(6-4-11)19-16(22)12-9-20(10-12)17(23)14-7-8-15(28-14)21(25)26/h3-8,12H,2,9-10H2,1H3,(H,19,22). The molecule has 28 heavy (non-hydrogen) atoms. The number of carbonyl (C=O) groups excluding carboxylic acids is 3. The molecule has 0 radical (unpaired) electrons. The summed E-state index contributed by atoms with van der Waals surface area (Å²) >= 11 is 0. The largest absolute Gasteiger partial charge is 0.462 e. The van der Waals surface area contributed by atoms with E-state index in [1.54, 1.807) is 31.2 Å². The summed E-state index contributed by atoms with van der Waals surface area (Å²) in [5, 5.41) is 13.3. The van der Waals surface area contributed by atoms with Gasteiger partial charge in [0.25, 0.3) is 5.91 Å². The second-order valence-corrected chi connectivity index (χ2v) is 6.09. The number of benzene rings is 1. The van der Waals surface area contributed by atoms with Gasteiger partial charge in [-0.2, -0.15) is 0 Å². The summed E-state index contributed by atoms with van der Waals surface area (Å²) in [6, 6.07) is 8.62. The molecule has 3 rings (SSSR count). The number of nitrogens with zero attached hydrogens (tertiary/aromatic N) is 2. The third-order valence-electron chi connectivity index (χ3n) is 4.19. The number of amides is 2. The normalized spacial score (nSPS) is 13.5. The van der Waals surface area contributed by atoms with Crippen molar-refractivity contribution in [2.75, 3.05) is 25.0 Å². The Morgan fingerprint density at radius 3 is 2.46 bits per heavy atom. The quantitative estimate of drug-likeness (QED) is 0.456. The molecule has 0 aliphatic carbocycles. The first-order valence-corrected chi connectivity index (χ1v) is 8.50. The van der Waals surface area contributed by atoms with Gasteiger partial charge in [-0.25, -0.2) is 4.79 Å². The lowest BCUT2D eigenvalue weighted by molar-refractivity contribution is -0.402. The highest BCUT2D eigenvalue weighted by Crippen LogP contribution is 2.23. The second kappa shape index (κ2) is 7.91. The Hall–Kier alpha value is -3.69. The fourth-order valence-corrected chi connectivity index (χ4v) is 2.66. The van der Waals surface area contributed by atoms with E-state index in [9.17, 15) is 24.5 Å². The smallest absolute Gasteiger partial charge is 0.433 e. The van der Waals surface area contributed by atoms with Gasteiger partial charge in [-0.05, 0) is 37.3 Å². The first-order valence-electron chi connectivity index (χ1n) is 8.50. The van der Waals surface area contributed by atoms with Crippen molar-refractivity contribution >= 4 is 29.4 Å². The predicted octanol–water partition coefficient (Wildman–Crippen LogP) is 2.08. The maximum absolute atomic E-state index is 12.3. The van der Waals surface area contributed by atoms with Crippen LogP contribution in [0.1, 0.15) is 27.8 Å².